The quantitative estimate of drug-likeness (QED) is 0.370. The predicted molar refractivity (Wildman–Crippen MR) is 44.1 cm³/mol. The zero-order chi connectivity index (χ0) is 7.40. The molecule has 3 nitrogen and oxygen atoms in total. The van der Waals surface area contributed by atoms with Crippen LogP contribution in [0.2, 0.25) is 0 Å². The van der Waals surface area contributed by atoms with E-state index in [0.29, 0.717) is 0 Å². The van der Waals surface area contributed by atoms with E-state index in [1.54, 1.807) is 0 Å². The first-order valence-electron chi connectivity index (χ1n) is 2.71. The molecule has 0 atom stereocenters. The van der Waals surface area contributed by atoms with Gasteiger partial charge in [0.2, 0.25) is 0 Å². The van der Waals surface area contributed by atoms with Gasteiger partial charge in [0.25, 0.3) is 0 Å². The van der Waals surface area contributed by atoms with Crippen LogP contribution in [0.1, 0.15) is 0 Å². The van der Waals surface area contributed by atoms with Crippen molar-refractivity contribution < 1.29 is 4.18 Å². The van der Waals surface area contributed by atoms with E-state index in [9.17, 15) is 0 Å². The number of hydrazone groups is 1. The van der Waals surface area contributed by atoms with Crippen LogP contribution in [0.25, 0.3) is 0 Å². The van der Waals surface area contributed by atoms with Crippen LogP contribution in [0, 0.1) is 0 Å². The van der Waals surface area contributed by atoms with Crippen molar-refractivity contribution in [2.75, 3.05) is 19.0 Å². The first kappa shape index (κ1) is 8.91. The van der Waals surface area contributed by atoms with Crippen molar-refractivity contribution in [3.05, 3.63) is 0 Å². The minimum absolute atomic E-state index is 0.751. The van der Waals surface area contributed by atoms with Gasteiger partial charge in [-0.15, -0.1) is 0 Å². The Morgan fingerprint density at radius 2 is 2.40 bits per heavy atom. The Morgan fingerprint density at radius 3 is 2.90 bits per heavy atom. The van der Waals surface area contributed by atoms with Crippen molar-refractivity contribution in [1.82, 2.24) is 5.01 Å². The summed E-state index contributed by atoms with van der Waals surface area (Å²) in [5, 5.41) is 6.13. The molecule has 1 saturated heterocycles. The average Bonchev–Trinajstić information content (AvgIpc) is 1.88. The molecule has 0 aromatic rings. The molecule has 10 heavy (non-hydrogen) atoms. The van der Waals surface area contributed by atoms with E-state index in [-0.39, 0.29) is 0 Å². The van der Waals surface area contributed by atoms with Crippen LogP contribution in [-0.4, -0.2) is 59.6 Å². The second-order valence-corrected chi connectivity index (χ2v) is 5.33. The molecule has 1 fully saturated rings. The zero-order valence-corrected chi connectivity index (χ0v) is 9.39. The van der Waals surface area contributed by atoms with E-state index in [1.807, 2.05) is 5.01 Å². The Balaban J connectivity index is 2.33. The number of nitrogens with zero attached hydrogens (tertiary/aromatic N) is 2. The Labute approximate surface area is 80.8 Å². The molecule has 0 saturated carbocycles. The van der Waals surface area contributed by atoms with Gasteiger partial charge in [-0.2, -0.15) is 0 Å². The van der Waals surface area contributed by atoms with Gasteiger partial charge in [-0.25, -0.2) is 0 Å². The Bertz CT molecular complexity index is 133. The van der Waals surface area contributed by atoms with E-state index < -0.39 is 0 Å². The fourth-order valence-electron chi connectivity index (χ4n) is 0.559. The second-order valence-electron chi connectivity index (χ2n) is 1.66. The van der Waals surface area contributed by atoms with Crippen molar-refractivity contribution in [2.45, 2.75) is 0 Å². The molecule has 0 aromatic carbocycles. The first-order valence-corrected chi connectivity index (χ1v) is 5.33. The van der Waals surface area contributed by atoms with Gasteiger partial charge in [0.05, 0.1) is 0 Å². The van der Waals surface area contributed by atoms with Gasteiger partial charge < -0.3 is 0 Å². The van der Waals surface area contributed by atoms with Crippen LogP contribution in [-0.2, 0) is 4.18 Å². The molecular formula is C4H6N2OSSe2. The molecule has 0 amide bonds. The van der Waals surface area contributed by atoms with E-state index in [2.05, 4.69) is 37.1 Å². The number of hydrogen-bond donors (Lipinski definition) is 0. The Kier molecular flexibility index (Phi) is 4.14. The molecule has 0 N–H and O–H groups in total. The zero-order valence-electron chi connectivity index (χ0n) is 5.15. The van der Waals surface area contributed by atoms with E-state index >= 15 is 0 Å². The van der Waals surface area contributed by atoms with Crippen molar-refractivity contribution in [1.29, 1.82) is 0 Å². The summed E-state index contributed by atoms with van der Waals surface area (Å²) >= 11 is 7.02. The Morgan fingerprint density at radius 1 is 1.60 bits per heavy atom. The normalized spacial score (nSPS) is 18.6. The first-order chi connectivity index (χ1) is 4.79. The van der Waals surface area contributed by atoms with Gasteiger partial charge in [0, 0.05) is 0 Å². The molecule has 0 aliphatic carbocycles. The molecular weight excluding hydrogens is 282 g/mol. The van der Waals surface area contributed by atoms with E-state index in [4.69, 9.17) is 4.18 Å². The molecule has 0 spiro atoms. The van der Waals surface area contributed by atoms with Gasteiger partial charge in [0.15, 0.2) is 0 Å². The third-order valence-corrected chi connectivity index (χ3v) is 2.02. The average molecular weight is 288 g/mol. The SMILES string of the molecule is [Se]C([Se])=NN1CCOSC1. The molecule has 1 aliphatic heterocycles. The summed E-state index contributed by atoms with van der Waals surface area (Å²) in [6.07, 6.45) is 0. The van der Waals surface area contributed by atoms with Gasteiger partial charge >= 0.3 is 80.9 Å². The van der Waals surface area contributed by atoms with Crippen LogP contribution < -0.4 is 0 Å². The number of rotatable bonds is 1. The van der Waals surface area contributed by atoms with Crippen molar-refractivity contribution in [3.63, 3.8) is 0 Å². The van der Waals surface area contributed by atoms with Crippen molar-refractivity contribution in [3.8, 4) is 0 Å². The monoisotopic (exact) mass is 290 g/mol. The molecule has 0 unspecified atom stereocenters. The fourth-order valence-corrected chi connectivity index (χ4v) is 1.62. The third-order valence-electron chi connectivity index (χ3n) is 0.941. The predicted octanol–water partition coefficient (Wildman–Crippen LogP) is -0.468. The van der Waals surface area contributed by atoms with E-state index in [1.165, 1.54) is 12.0 Å². The van der Waals surface area contributed by atoms with Crippen LogP contribution in [0.4, 0.5) is 0 Å². The van der Waals surface area contributed by atoms with Gasteiger partial charge in [-0.3, -0.25) is 0 Å². The summed E-state index contributed by atoms with van der Waals surface area (Å²) in [5.41, 5.74) is 0. The molecule has 1 rings (SSSR count). The fraction of sp³-hybridized carbons (Fsp3) is 0.750. The standard InChI is InChI=1S/C4H6N2OSSe2/c9-4(10)5-6-1-2-7-8-3-6/h1-3H2. The minimum atomic E-state index is 0.751. The molecule has 1 aliphatic rings. The number of hydrogen-bond acceptors (Lipinski definition) is 4. The summed E-state index contributed by atoms with van der Waals surface area (Å²) in [7, 11) is 0. The molecule has 6 heteroatoms. The van der Waals surface area contributed by atoms with Crippen LogP contribution in [0.3, 0.4) is 0 Å². The summed E-state index contributed by atoms with van der Waals surface area (Å²) in [6.45, 7) is 1.63. The van der Waals surface area contributed by atoms with Gasteiger partial charge in [0.1, 0.15) is 0 Å². The third kappa shape index (κ3) is 3.28. The van der Waals surface area contributed by atoms with Crippen molar-refractivity contribution in [2.24, 2.45) is 5.10 Å². The van der Waals surface area contributed by atoms with Crippen LogP contribution >= 0.6 is 12.0 Å². The molecule has 1 heterocycles. The maximum atomic E-state index is 5.07. The molecule has 0 aromatic heterocycles. The summed E-state index contributed by atoms with van der Waals surface area (Å²) in [5.74, 6) is 0.812. The topological polar surface area (TPSA) is 24.8 Å². The van der Waals surface area contributed by atoms with Crippen LogP contribution in [0.15, 0.2) is 5.10 Å². The van der Waals surface area contributed by atoms with Crippen LogP contribution in [0.5, 0.6) is 0 Å². The van der Waals surface area contributed by atoms with Gasteiger partial charge in [-0.1, -0.05) is 0 Å². The van der Waals surface area contributed by atoms with Crippen molar-refractivity contribution >= 4 is 47.6 Å². The second kappa shape index (κ2) is 4.65. The summed E-state index contributed by atoms with van der Waals surface area (Å²) in [4.78, 5) is 0. The summed E-state index contributed by atoms with van der Waals surface area (Å²) in [6, 6.07) is 0. The molecule has 56 valence electrons. The molecule has 0 bridgehead atoms. The van der Waals surface area contributed by atoms with Gasteiger partial charge in [-0.05, 0) is 0 Å². The van der Waals surface area contributed by atoms with E-state index in [0.717, 1.165) is 22.5 Å². The summed E-state index contributed by atoms with van der Waals surface area (Å²) < 4.78 is 5.92. The maximum absolute atomic E-state index is 5.07. The molecule has 2 radical (unpaired) electrons. The Hall–Kier alpha value is 0.819.